The minimum atomic E-state index is -5.22. The van der Waals surface area contributed by atoms with Crippen LogP contribution in [0.2, 0.25) is 0 Å². The van der Waals surface area contributed by atoms with Crippen LogP contribution in [-0.2, 0) is 16.7 Å². The fourth-order valence-corrected chi connectivity index (χ4v) is 3.54. The minimum Gasteiger partial charge on any atom is -0.353 e. The fourth-order valence-electron chi connectivity index (χ4n) is 3.54. The van der Waals surface area contributed by atoms with E-state index in [1.807, 2.05) is 18.7 Å². The highest BCUT2D eigenvalue weighted by Gasteiger charge is 2.50. The average Bonchev–Trinajstić information content (AvgIpc) is 3.02. The third-order valence-electron chi connectivity index (χ3n) is 4.97. The minimum absolute atomic E-state index is 0.0167. The Kier molecular flexibility index (Phi) is 6.85. The Bertz CT molecular complexity index is 977. The lowest BCUT2D eigenvalue weighted by Crippen LogP contribution is -2.61. The molecular formula is C19H26F3N7O3. The van der Waals surface area contributed by atoms with Crippen molar-refractivity contribution >= 4 is 23.4 Å². The number of rotatable bonds is 5. The van der Waals surface area contributed by atoms with Crippen LogP contribution in [0.1, 0.15) is 20.8 Å². The van der Waals surface area contributed by atoms with Gasteiger partial charge >= 0.3 is 12.1 Å². The summed E-state index contributed by atoms with van der Waals surface area (Å²) in [6.07, 6.45) is -6.22. The second-order valence-corrected chi connectivity index (χ2v) is 7.66. The second kappa shape index (κ2) is 9.25. The maximum Gasteiger partial charge on any atom is 0.493 e. The number of fused-ring (bicyclic) bond motifs is 1. The molecule has 3 heterocycles. The van der Waals surface area contributed by atoms with E-state index in [1.54, 1.807) is 6.92 Å². The highest BCUT2D eigenvalue weighted by molar-refractivity contribution is 5.80. The van der Waals surface area contributed by atoms with Crippen molar-refractivity contribution in [1.29, 1.82) is 0 Å². The van der Waals surface area contributed by atoms with Crippen molar-refractivity contribution < 1.29 is 22.8 Å². The van der Waals surface area contributed by atoms with E-state index in [0.29, 0.717) is 26.2 Å². The zero-order valence-corrected chi connectivity index (χ0v) is 18.3. The molecule has 1 unspecified atom stereocenters. The van der Waals surface area contributed by atoms with Gasteiger partial charge in [-0.3, -0.25) is 14.3 Å². The number of hydrogen-bond donors (Lipinski definition) is 2. The van der Waals surface area contributed by atoms with Crippen molar-refractivity contribution in [2.45, 2.75) is 39.3 Å². The van der Waals surface area contributed by atoms with E-state index in [4.69, 9.17) is 4.84 Å². The molecule has 1 aromatic heterocycles. The molecule has 0 bridgehead atoms. The van der Waals surface area contributed by atoms with Crippen LogP contribution in [0, 0.1) is 11.8 Å². The van der Waals surface area contributed by atoms with E-state index < -0.39 is 24.0 Å². The van der Waals surface area contributed by atoms with Crippen molar-refractivity contribution in [3.8, 4) is 11.8 Å². The number of halogens is 3. The van der Waals surface area contributed by atoms with Crippen LogP contribution in [0.5, 0.6) is 0 Å². The number of carbonyl (C=O) groups is 1. The summed E-state index contributed by atoms with van der Waals surface area (Å²) in [4.78, 5) is 37.6. The normalized spacial score (nSPS) is 18.9. The molecule has 10 nitrogen and oxygen atoms in total. The fraction of sp³-hybridized carbons (Fsp3) is 0.632. The molecule has 2 N–H and O–H groups in total. The maximum atomic E-state index is 13.3. The SMILES string of the molecule is CC#CCN1c2c(nc(NC(C)C)n(C)c2=O)N(OC(=O)C(F)(F)F)C1N1CCNCC1. The Morgan fingerprint density at radius 3 is 2.56 bits per heavy atom. The van der Waals surface area contributed by atoms with Crippen LogP contribution < -0.4 is 26.2 Å². The van der Waals surface area contributed by atoms with Crippen molar-refractivity contribution in [3.05, 3.63) is 10.4 Å². The Balaban J connectivity index is 2.18. The largest absolute Gasteiger partial charge is 0.493 e. The molecule has 176 valence electrons. The van der Waals surface area contributed by atoms with Gasteiger partial charge in [0.15, 0.2) is 12.0 Å². The first-order valence-electron chi connectivity index (χ1n) is 10.1. The van der Waals surface area contributed by atoms with E-state index in [0.717, 1.165) is 5.06 Å². The first kappa shape index (κ1) is 23.7. The molecule has 0 aromatic carbocycles. The third kappa shape index (κ3) is 4.61. The third-order valence-corrected chi connectivity index (χ3v) is 4.97. The van der Waals surface area contributed by atoms with E-state index in [1.165, 1.54) is 16.5 Å². The van der Waals surface area contributed by atoms with Gasteiger partial charge in [0, 0.05) is 39.3 Å². The number of carbonyl (C=O) groups excluding carboxylic acids is 1. The van der Waals surface area contributed by atoms with E-state index in [-0.39, 0.29) is 30.0 Å². The van der Waals surface area contributed by atoms with Crippen LogP contribution in [0.4, 0.5) is 30.6 Å². The van der Waals surface area contributed by atoms with Gasteiger partial charge in [0.05, 0.1) is 6.54 Å². The van der Waals surface area contributed by atoms with Crippen molar-refractivity contribution in [1.82, 2.24) is 19.8 Å². The van der Waals surface area contributed by atoms with Crippen LogP contribution in [0.3, 0.4) is 0 Å². The standard InChI is InChI=1S/C19H26F3N7O3/c1-5-6-9-28-13-14(25-17(24-12(2)3)26(4)15(13)30)29(32-16(31)19(20,21)22)18(28)27-10-7-23-8-11-27/h12,18,23H,7-11H2,1-4H3,(H,24,25). The number of aromatic nitrogens is 2. The van der Waals surface area contributed by atoms with Crippen LogP contribution in [0.25, 0.3) is 0 Å². The zero-order chi connectivity index (χ0) is 23.6. The molecule has 32 heavy (non-hydrogen) atoms. The summed E-state index contributed by atoms with van der Waals surface area (Å²) in [5, 5.41) is 6.93. The van der Waals surface area contributed by atoms with Gasteiger partial charge in [0.1, 0.15) is 0 Å². The number of anilines is 3. The summed E-state index contributed by atoms with van der Waals surface area (Å²) in [6, 6.07) is -0.107. The lowest BCUT2D eigenvalue weighted by Gasteiger charge is -2.40. The van der Waals surface area contributed by atoms with Gasteiger partial charge in [-0.2, -0.15) is 18.2 Å². The smallest absolute Gasteiger partial charge is 0.353 e. The number of nitrogens with zero attached hydrogens (tertiary/aromatic N) is 5. The van der Waals surface area contributed by atoms with Crippen molar-refractivity contribution in [3.63, 3.8) is 0 Å². The molecule has 0 saturated carbocycles. The number of hydroxylamine groups is 1. The van der Waals surface area contributed by atoms with Crippen LogP contribution >= 0.6 is 0 Å². The molecule has 0 aliphatic carbocycles. The molecule has 1 atom stereocenters. The summed E-state index contributed by atoms with van der Waals surface area (Å²) in [6.45, 7) is 7.36. The zero-order valence-electron chi connectivity index (χ0n) is 18.3. The summed E-state index contributed by atoms with van der Waals surface area (Å²) in [5.74, 6) is 3.15. The van der Waals surface area contributed by atoms with Gasteiger partial charge in [-0.1, -0.05) is 5.92 Å². The Morgan fingerprint density at radius 2 is 2.00 bits per heavy atom. The molecule has 2 aliphatic rings. The highest BCUT2D eigenvalue weighted by Crippen LogP contribution is 2.38. The van der Waals surface area contributed by atoms with Gasteiger partial charge in [-0.15, -0.1) is 11.0 Å². The monoisotopic (exact) mass is 457 g/mol. The van der Waals surface area contributed by atoms with Crippen LogP contribution in [0.15, 0.2) is 4.79 Å². The average molecular weight is 457 g/mol. The first-order valence-corrected chi connectivity index (χ1v) is 10.1. The quantitative estimate of drug-likeness (QED) is 0.612. The first-order chi connectivity index (χ1) is 15.1. The summed E-state index contributed by atoms with van der Waals surface area (Å²) < 4.78 is 40.5. The van der Waals surface area contributed by atoms with Gasteiger partial charge in [-0.05, 0) is 20.8 Å². The number of nitrogens with one attached hydrogen (secondary N) is 2. The van der Waals surface area contributed by atoms with E-state index >= 15 is 0 Å². The van der Waals surface area contributed by atoms with E-state index in [2.05, 4.69) is 27.5 Å². The molecule has 0 amide bonds. The number of hydrogen-bond acceptors (Lipinski definition) is 9. The molecule has 0 spiro atoms. The van der Waals surface area contributed by atoms with E-state index in [9.17, 15) is 22.8 Å². The van der Waals surface area contributed by atoms with Gasteiger partial charge in [0.25, 0.3) is 5.56 Å². The predicted molar refractivity (Wildman–Crippen MR) is 112 cm³/mol. The number of alkyl halides is 3. The van der Waals surface area contributed by atoms with Crippen molar-refractivity contribution in [2.24, 2.45) is 7.05 Å². The Hall–Kier alpha value is -2.98. The lowest BCUT2D eigenvalue weighted by atomic mass is 10.3. The number of piperazine rings is 1. The molecule has 13 heteroatoms. The highest BCUT2D eigenvalue weighted by atomic mass is 19.4. The molecule has 2 aliphatic heterocycles. The van der Waals surface area contributed by atoms with Crippen LogP contribution in [-0.4, -0.2) is 71.7 Å². The molecule has 1 saturated heterocycles. The Labute approximate surface area is 183 Å². The van der Waals surface area contributed by atoms with Gasteiger partial charge in [0.2, 0.25) is 11.8 Å². The van der Waals surface area contributed by atoms with Gasteiger partial charge < -0.3 is 20.4 Å². The van der Waals surface area contributed by atoms with Gasteiger partial charge in [-0.25, -0.2) is 4.79 Å². The summed E-state index contributed by atoms with van der Waals surface area (Å²) in [5.41, 5.74) is -0.482. The van der Waals surface area contributed by atoms with Crippen molar-refractivity contribution in [2.75, 3.05) is 48.0 Å². The second-order valence-electron chi connectivity index (χ2n) is 7.66. The summed E-state index contributed by atoms with van der Waals surface area (Å²) in [7, 11) is 1.51. The molecule has 1 fully saturated rings. The molecule has 1 aromatic rings. The molecular weight excluding hydrogens is 431 g/mol. The summed E-state index contributed by atoms with van der Waals surface area (Å²) >= 11 is 0. The molecule has 3 rings (SSSR count). The maximum absolute atomic E-state index is 13.3. The predicted octanol–water partition coefficient (Wildman–Crippen LogP) is 0.460. The topological polar surface area (TPSA) is 95.0 Å². The molecule has 0 radical (unpaired) electrons. The lowest BCUT2D eigenvalue weighted by molar-refractivity contribution is -0.203. The Morgan fingerprint density at radius 1 is 1.34 bits per heavy atom.